The Morgan fingerprint density at radius 2 is 1.96 bits per heavy atom. The summed E-state index contributed by atoms with van der Waals surface area (Å²) in [5.74, 6) is 1.86. The molecule has 0 aliphatic rings. The predicted octanol–water partition coefficient (Wildman–Crippen LogP) is 3.15. The highest BCUT2D eigenvalue weighted by Gasteiger charge is 2.07. The second-order valence-electron chi connectivity index (χ2n) is 4.72. The molecule has 1 heterocycles. The van der Waals surface area contributed by atoms with E-state index < -0.39 is 0 Å². The summed E-state index contributed by atoms with van der Waals surface area (Å²) >= 11 is 0. The lowest BCUT2D eigenvalue weighted by Gasteiger charge is -2.09. The lowest BCUT2D eigenvalue weighted by molar-refractivity contribution is -0.111. The van der Waals surface area contributed by atoms with Gasteiger partial charge in [0, 0.05) is 12.3 Å². The number of ether oxygens (including phenoxy) is 3. The summed E-state index contributed by atoms with van der Waals surface area (Å²) in [4.78, 5) is 16.2. The van der Waals surface area contributed by atoms with E-state index in [1.165, 1.54) is 6.08 Å². The molecule has 6 nitrogen and oxygen atoms in total. The highest BCUT2D eigenvalue weighted by molar-refractivity contribution is 6.02. The summed E-state index contributed by atoms with van der Waals surface area (Å²) in [5, 5.41) is 2.70. The Kier molecular flexibility index (Phi) is 6.19. The van der Waals surface area contributed by atoms with Crippen molar-refractivity contribution in [2.75, 3.05) is 26.1 Å². The zero-order chi connectivity index (χ0) is 17.4. The van der Waals surface area contributed by atoms with Crippen LogP contribution in [0.1, 0.15) is 12.5 Å². The monoisotopic (exact) mass is 328 g/mol. The van der Waals surface area contributed by atoms with Crippen LogP contribution in [0.15, 0.2) is 42.6 Å². The van der Waals surface area contributed by atoms with Crippen LogP contribution in [0.25, 0.3) is 6.08 Å². The van der Waals surface area contributed by atoms with Crippen molar-refractivity contribution in [2.24, 2.45) is 0 Å². The lowest BCUT2D eigenvalue weighted by Crippen LogP contribution is -2.10. The van der Waals surface area contributed by atoms with Crippen LogP contribution in [0.4, 0.5) is 5.82 Å². The molecule has 1 aromatic carbocycles. The first kappa shape index (κ1) is 17.3. The molecule has 1 amide bonds. The molecule has 0 atom stereocenters. The van der Waals surface area contributed by atoms with Gasteiger partial charge >= 0.3 is 0 Å². The van der Waals surface area contributed by atoms with Gasteiger partial charge in [0.15, 0.2) is 23.1 Å². The van der Waals surface area contributed by atoms with E-state index in [9.17, 15) is 4.79 Å². The molecule has 2 rings (SSSR count). The van der Waals surface area contributed by atoms with Crippen LogP contribution in [-0.2, 0) is 4.79 Å². The van der Waals surface area contributed by atoms with Gasteiger partial charge in [-0.15, -0.1) is 0 Å². The van der Waals surface area contributed by atoms with Crippen molar-refractivity contribution in [3.05, 3.63) is 48.2 Å². The number of anilines is 1. The first-order valence-corrected chi connectivity index (χ1v) is 7.46. The van der Waals surface area contributed by atoms with Gasteiger partial charge in [0.05, 0.1) is 20.8 Å². The molecule has 126 valence electrons. The van der Waals surface area contributed by atoms with E-state index in [-0.39, 0.29) is 5.91 Å². The molecule has 0 unspecified atom stereocenters. The summed E-state index contributed by atoms with van der Waals surface area (Å²) in [6.07, 6.45) is 4.70. The maximum Gasteiger partial charge on any atom is 0.249 e. The van der Waals surface area contributed by atoms with Crippen molar-refractivity contribution in [2.45, 2.75) is 6.92 Å². The Bertz CT molecular complexity index is 729. The van der Waals surface area contributed by atoms with Crippen LogP contribution in [-0.4, -0.2) is 31.7 Å². The molecule has 0 aliphatic heterocycles. The van der Waals surface area contributed by atoms with E-state index in [1.807, 2.05) is 13.0 Å². The Hall–Kier alpha value is -3.02. The molecule has 0 aliphatic carbocycles. The molecule has 0 fully saturated rings. The number of nitrogens with zero attached hydrogens (tertiary/aromatic N) is 1. The fourth-order valence-corrected chi connectivity index (χ4v) is 2.04. The van der Waals surface area contributed by atoms with Gasteiger partial charge in [-0.25, -0.2) is 4.98 Å². The second-order valence-corrected chi connectivity index (χ2v) is 4.72. The maximum absolute atomic E-state index is 12.1. The van der Waals surface area contributed by atoms with E-state index in [2.05, 4.69) is 10.3 Å². The number of benzene rings is 1. The molecule has 0 spiro atoms. The molecule has 2 aromatic rings. The molecule has 1 aromatic heterocycles. The average molecular weight is 328 g/mol. The maximum atomic E-state index is 12.1. The van der Waals surface area contributed by atoms with E-state index in [0.717, 1.165) is 5.56 Å². The average Bonchev–Trinajstić information content (AvgIpc) is 2.61. The number of carbonyl (C=O) groups is 1. The van der Waals surface area contributed by atoms with Crippen molar-refractivity contribution >= 4 is 17.8 Å². The molecule has 24 heavy (non-hydrogen) atoms. The highest BCUT2D eigenvalue weighted by Crippen LogP contribution is 2.28. The summed E-state index contributed by atoms with van der Waals surface area (Å²) in [7, 11) is 3.14. The van der Waals surface area contributed by atoms with Crippen molar-refractivity contribution in [1.29, 1.82) is 0 Å². The zero-order valence-electron chi connectivity index (χ0n) is 13.9. The molecule has 0 saturated carbocycles. The second kappa shape index (κ2) is 8.57. The number of pyridine rings is 1. The first-order valence-electron chi connectivity index (χ1n) is 7.46. The van der Waals surface area contributed by atoms with Crippen molar-refractivity contribution < 1.29 is 19.0 Å². The predicted molar refractivity (Wildman–Crippen MR) is 92.6 cm³/mol. The van der Waals surface area contributed by atoms with E-state index in [4.69, 9.17) is 14.2 Å². The minimum Gasteiger partial charge on any atom is -0.493 e. The highest BCUT2D eigenvalue weighted by atomic mass is 16.5. The van der Waals surface area contributed by atoms with Gasteiger partial charge in [0.2, 0.25) is 5.91 Å². The number of amides is 1. The van der Waals surface area contributed by atoms with Crippen LogP contribution in [0.2, 0.25) is 0 Å². The summed E-state index contributed by atoms with van der Waals surface area (Å²) < 4.78 is 15.8. The molecular formula is C18H20N2O4. The van der Waals surface area contributed by atoms with Crippen molar-refractivity contribution in [1.82, 2.24) is 4.98 Å². The fourth-order valence-electron chi connectivity index (χ4n) is 2.04. The van der Waals surface area contributed by atoms with Gasteiger partial charge in [0.25, 0.3) is 0 Å². The third-order valence-corrected chi connectivity index (χ3v) is 3.15. The summed E-state index contributed by atoms with van der Waals surface area (Å²) in [6.45, 7) is 2.37. The third kappa shape index (κ3) is 4.49. The molecule has 6 heteroatoms. The molecule has 0 bridgehead atoms. The number of methoxy groups -OCH3 is 2. The van der Waals surface area contributed by atoms with Gasteiger partial charge in [-0.05, 0) is 42.8 Å². The van der Waals surface area contributed by atoms with E-state index in [1.54, 1.807) is 50.8 Å². The number of nitrogens with one attached hydrogen (secondary N) is 1. The fraction of sp³-hybridized carbons (Fsp3) is 0.222. The standard InChI is InChI=1S/C18H20N2O4/c1-4-24-15-6-5-11-19-18(15)20-17(21)10-8-13-7-9-14(22-2)16(12-13)23-3/h5-12H,4H2,1-3H3,(H,19,20,21)/b10-8+. The van der Waals surface area contributed by atoms with Gasteiger partial charge < -0.3 is 19.5 Å². The van der Waals surface area contributed by atoms with Crippen LogP contribution in [0, 0.1) is 0 Å². The van der Waals surface area contributed by atoms with E-state index >= 15 is 0 Å². The first-order chi connectivity index (χ1) is 11.7. The van der Waals surface area contributed by atoms with Crippen LogP contribution >= 0.6 is 0 Å². The van der Waals surface area contributed by atoms with Gasteiger partial charge in [-0.3, -0.25) is 4.79 Å². The number of hydrogen-bond acceptors (Lipinski definition) is 5. The van der Waals surface area contributed by atoms with Crippen LogP contribution in [0.5, 0.6) is 17.2 Å². The number of carbonyl (C=O) groups excluding carboxylic acids is 1. The number of aromatic nitrogens is 1. The molecule has 0 saturated heterocycles. The van der Waals surface area contributed by atoms with E-state index in [0.29, 0.717) is 29.7 Å². The summed E-state index contributed by atoms with van der Waals surface area (Å²) in [5.41, 5.74) is 0.814. The number of rotatable bonds is 7. The Balaban J connectivity index is 2.08. The van der Waals surface area contributed by atoms with Crippen LogP contribution in [0.3, 0.4) is 0 Å². The molecule has 1 N–H and O–H groups in total. The minimum absolute atomic E-state index is 0.301. The van der Waals surface area contributed by atoms with Gasteiger partial charge in [-0.2, -0.15) is 0 Å². The molecule has 0 radical (unpaired) electrons. The number of hydrogen-bond donors (Lipinski definition) is 1. The lowest BCUT2D eigenvalue weighted by atomic mass is 10.2. The Morgan fingerprint density at radius 3 is 2.67 bits per heavy atom. The normalized spacial score (nSPS) is 10.5. The van der Waals surface area contributed by atoms with Crippen molar-refractivity contribution in [3.8, 4) is 17.2 Å². The van der Waals surface area contributed by atoms with Gasteiger partial charge in [-0.1, -0.05) is 6.07 Å². The largest absolute Gasteiger partial charge is 0.493 e. The van der Waals surface area contributed by atoms with Gasteiger partial charge in [0.1, 0.15) is 0 Å². The van der Waals surface area contributed by atoms with Crippen LogP contribution < -0.4 is 19.5 Å². The summed E-state index contributed by atoms with van der Waals surface area (Å²) in [6, 6.07) is 8.90. The van der Waals surface area contributed by atoms with Crippen molar-refractivity contribution in [3.63, 3.8) is 0 Å². The SMILES string of the molecule is CCOc1cccnc1NC(=O)/C=C/c1ccc(OC)c(OC)c1. The third-order valence-electron chi connectivity index (χ3n) is 3.15. The minimum atomic E-state index is -0.301. The topological polar surface area (TPSA) is 69.7 Å². The quantitative estimate of drug-likeness (QED) is 0.791. The Morgan fingerprint density at radius 1 is 1.17 bits per heavy atom. The smallest absolute Gasteiger partial charge is 0.249 e. The Labute approximate surface area is 141 Å². The zero-order valence-corrected chi connectivity index (χ0v) is 13.9. The molecular weight excluding hydrogens is 308 g/mol.